The van der Waals surface area contributed by atoms with E-state index < -0.39 is 0 Å². The summed E-state index contributed by atoms with van der Waals surface area (Å²) in [5.74, 6) is 0.267. The Morgan fingerprint density at radius 1 is 1.44 bits per heavy atom. The molecule has 0 unspecified atom stereocenters. The molecule has 0 aliphatic carbocycles. The van der Waals surface area contributed by atoms with Crippen LogP contribution in [-0.2, 0) is 11.2 Å². The van der Waals surface area contributed by atoms with Gasteiger partial charge in [0.15, 0.2) is 0 Å². The van der Waals surface area contributed by atoms with Crippen molar-refractivity contribution in [1.29, 1.82) is 0 Å². The molecule has 86 valence electrons. The Labute approximate surface area is 94.7 Å². The van der Waals surface area contributed by atoms with Crippen LogP contribution < -0.4 is 10.6 Å². The molecule has 0 spiro atoms. The standard InChI is InChI=1S/C12H16N2O2/c15-11-3-1-9(2-4-11)7-12(16)14-10-5-6-13-8-10/h1-4,10,13,15H,5-8H2,(H,14,16)/t10-/m1/s1. The summed E-state index contributed by atoms with van der Waals surface area (Å²) in [4.78, 5) is 11.7. The third-order valence-electron chi connectivity index (χ3n) is 2.73. The van der Waals surface area contributed by atoms with Gasteiger partial charge in [-0.05, 0) is 30.7 Å². The Hall–Kier alpha value is -1.55. The summed E-state index contributed by atoms with van der Waals surface area (Å²) in [6, 6.07) is 6.99. The minimum atomic E-state index is 0.0411. The zero-order chi connectivity index (χ0) is 11.4. The van der Waals surface area contributed by atoms with Crippen LogP contribution in [-0.4, -0.2) is 30.1 Å². The number of hydrogen-bond acceptors (Lipinski definition) is 3. The van der Waals surface area contributed by atoms with Crippen LogP contribution in [0.2, 0.25) is 0 Å². The minimum Gasteiger partial charge on any atom is -0.508 e. The highest BCUT2D eigenvalue weighted by Crippen LogP contribution is 2.10. The Bertz CT molecular complexity index is 356. The molecule has 0 saturated carbocycles. The summed E-state index contributed by atoms with van der Waals surface area (Å²) < 4.78 is 0. The maximum Gasteiger partial charge on any atom is 0.224 e. The van der Waals surface area contributed by atoms with Gasteiger partial charge in [0.05, 0.1) is 6.42 Å². The first-order chi connectivity index (χ1) is 7.74. The zero-order valence-electron chi connectivity index (χ0n) is 9.07. The molecule has 1 heterocycles. The largest absolute Gasteiger partial charge is 0.508 e. The number of phenols is 1. The number of amides is 1. The SMILES string of the molecule is O=C(Cc1ccc(O)cc1)N[C@@H]1CCNC1. The fourth-order valence-corrected chi connectivity index (χ4v) is 1.86. The van der Waals surface area contributed by atoms with Crippen molar-refractivity contribution in [2.24, 2.45) is 0 Å². The van der Waals surface area contributed by atoms with E-state index in [1.807, 2.05) is 0 Å². The van der Waals surface area contributed by atoms with Gasteiger partial charge in [0.1, 0.15) is 5.75 Å². The van der Waals surface area contributed by atoms with Gasteiger partial charge in [0.25, 0.3) is 0 Å². The second kappa shape index (κ2) is 4.99. The van der Waals surface area contributed by atoms with E-state index in [0.717, 1.165) is 25.1 Å². The Morgan fingerprint density at radius 2 is 2.19 bits per heavy atom. The maximum atomic E-state index is 11.7. The highest BCUT2D eigenvalue weighted by Gasteiger charge is 2.16. The van der Waals surface area contributed by atoms with E-state index in [0.29, 0.717) is 6.42 Å². The minimum absolute atomic E-state index is 0.0411. The lowest BCUT2D eigenvalue weighted by Crippen LogP contribution is -2.37. The van der Waals surface area contributed by atoms with E-state index in [1.54, 1.807) is 24.3 Å². The normalized spacial score (nSPS) is 19.6. The molecule has 1 aromatic rings. The highest BCUT2D eigenvalue weighted by atomic mass is 16.3. The average Bonchev–Trinajstić information content (AvgIpc) is 2.74. The Morgan fingerprint density at radius 3 is 2.81 bits per heavy atom. The third-order valence-corrected chi connectivity index (χ3v) is 2.73. The van der Waals surface area contributed by atoms with Crippen molar-refractivity contribution in [2.45, 2.75) is 18.9 Å². The molecule has 1 fully saturated rings. The van der Waals surface area contributed by atoms with Crippen molar-refractivity contribution in [3.8, 4) is 5.75 Å². The van der Waals surface area contributed by atoms with E-state index in [1.165, 1.54) is 0 Å². The second-order valence-electron chi connectivity index (χ2n) is 4.10. The quantitative estimate of drug-likeness (QED) is 0.691. The zero-order valence-corrected chi connectivity index (χ0v) is 9.07. The molecule has 4 nitrogen and oxygen atoms in total. The van der Waals surface area contributed by atoms with Crippen LogP contribution in [0.4, 0.5) is 0 Å². The topological polar surface area (TPSA) is 61.4 Å². The predicted octanol–water partition coefficient (Wildman–Crippen LogP) is 0.413. The number of carbonyl (C=O) groups is 1. The Kier molecular flexibility index (Phi) is 3.41. The number of aromatic hydroxyl groups is 1. The van der Waals surface area contributed by atoms with Crippen molar-refractivity contribution >= 4 is 5.91 Å². The molecule has 3 N–H and O–H groups in total. The van der Waals surface area contributed by atoms with Crippen LogP contribution in [0.25, 0.3) is 0 Å². The molecule has 1 aliphatic rings. The van der Waals surface area contributed by atoms with Crippen molar-refractivity contribution < 1.29 is 9.90 Å². The molecule has 4 heteroatoms. The van der Waals surface area contributed by atoms with Gasteiger partial charge < -0.3 is 15.7 Å². The van der Waals surface area contributed by atoms with Gasteiger partial charge in [-0.15, -0.1) is 0 Å². The lowest BCUT2D eigenvalue weighted by atomic mass is 10.1. The summed E-state index contributed by atoms with van der Waals surface area (Å²) in [5.41, 5.74) is 0.918. The van der Waals surface area contributed by atoms with Crippen LogP contribution >= 0.6 is 0 Å². The first-order valence-corrected chi connectivity index (χ1v) is 5.52. The lowest BCUT2D eigenvalue weighted by Gasteiger charge is -2.11. The summed E-state index contributed by atoms with van der Waals surface area (Å²) >= 11 is 0. The van der Waals surface area contributed by atoms with Gasteiger partial charge in [-0.3, -0.25) is 4.79 Å². The molecule has 16 heavy (non-hydrogen) atoms. The third kappa shape index (κ3) is 2.97. The number of nitrogens with one attached hydrogen (secondary N) is 2. The average molecular weight is 220 g/mol. The van der Waals surface area contributed by atoms with Crippen LogP contribution in [0.3, 0.4) is 0 Å². The second-order valence-corrected chi connectivity index (χ2v) is 4.10. The number of benzene rings is 1. The monoisotopic (exact) mass is 220 g/mol. The molecule has 0 bridgehead atoms. The molecule has 0 radical (unpaired) electrons. The number of rotatable bonds is 3. The van der Waals surface area contributed by atoms with Crippen molar-refractivity contribution in [1.82, 2.24) is 10.6 Å². The predicted molar refractivity (Wildman–Crippen MR) is 61.2 cm³/mol. The first-order valence-electron chi connectivity index (χ1n) is 5.52. The fraction of sp³-hybridized carbons (Fsp3) is 0.417. The lowest BCUT2D eigenvalue weighted by molar-refractivity contribution is -0.121. The molecule has 2 rings (SSSR count). The molecular weight excluding hydrogens is 204 g/mol. The van der Waals surface area contributed by atoms with Gasteiger partial charge in [-0.1, -0.05) is 12.1 Å². The van der Waals surface area contributed by atoms with Crippen molar-refractivity contribution in [2.75, 3.05) is 13.1 Å². The molecular formula is C12H16N2O2. The van der Waals surface area contributed by atoms with Crippen LogP contribution in [0.1, 0.15) is 12.0 Å². The van der Waals surface area contributed by atoms with Crippen LogP contribution in [0.5, 0.6) is 5.75 Å². The van der Waals surface area contributed by atoms with Crippen molar-refractivity contribution in [3.63, 3.8) is 0 Å². The van der Waals surface area contributed by atoms with Gasteiger partial charge in [-0.2, -0.15) is 0 Å². The van der Waals surface area contributed by atoms with E-state index >= 15 is 0 Å². The highest BCUT2D eigenvalue weighted by molar-refractivity contribution is 5.78. The first kappa shape index (κ1) is 11.0. The van der Waals surface area contributed by atoms with Gasteiger partial charge in [0.2, 0.25) is 5.91 Å². The summed E-state index contributed by atoms with van der Waals surface area (Å²) in [6.07, 6.45) is 1.37. The summed E-state index contributed by atoms with van der Waals surface area (Å²) in [5, 5.41) is 15.3. The van der Waals surface area contributed by atoms with Gasteiger partial charge >= 0.3 is 0 Å². The van der Waals surface area contributed by atoms with Gasteiger partial charge in [-0.25, -0.2) is 0 Å². The van der Waals surface area contributed by atoms with E-state index in [4.69, 9.17) is 5.11 Å². The molecule has 1 amide bonds. The van der Waals surface area contributed by atoms with Crippen molar-refractivity contribution in [3.05, 3.63) is 29.8 Å². The van der Waals surface area contributed by atoms with Gasteiger partial charge in [0, 0.05) is 12.6 Å². The molecule has 1 aromatic carbocycles. The molecule has 1 aliphatic heterocycles. The van der Waals surface area contributed by atoms with E-state index in [2.05, 4.69) is 10.6 Å². The molecule has 1 saturated heterocycles. The van der Waals surface area contributed by atoms with E-state index in [9.17, 15) is 4.79 Å². The summed E-state index contributed by atoms with van der Waals surface area (Å²) in [7, 11) is 0. The molecule has 0 aromatic heterocycles. The number of phenolic OH excluding ortho intramolecular Hbond substituents is 1. The number of carbonyl (C=O) groups excluding carboxylic acids is 1. The van der Waals surface area contributed by atoms with Crippen LogP contribution in [0, 0.1) is 0 Å². The molecule has 1 atom stereocenters. The Balaban J connectivity index is 1.84. The maximum absolute atomic E-state index is 11.7. The van der Waals surface area contributed by atoms with Crippen LogP contribution in [0.15, 0.2) is 24.3 Å². The summed E-state index contributed by atoms with van der Waals surface area (Å²) in [6.45, 7) is 1.84. The smallest absolute Gasteiger partial charge is 0.224 e. The number of hydrogen-bond donors (Lipinski definition) is 3. The fourth-order valence-electron chi connectivity index (χ4n) is 1.86. The van der Waals surface area contributed by atoms with E-state index in [-0.39, 0.29) is 17.7 Å².